The minimum Gasteiger partial charge on any atom is -0.379 e. The van der Waals surface area contributed by atoms with Crippen LogP contribution in [0.15, 0.2) is 22.5 Å². The second-order valence-electron chi connectivity index (χ2n) is 7.68. The van der Waals surface area contributed by atoms with Gasteiger partial charge >= 0.3 is 0 Å². The summed E-state index contributed by atoms with van der Waals surface area (Å²) >= 11 is 1.82. The molecule has 0 spiro atoms. The number of thiophene rings is 1. The maximum Gasteiger partial charge on any atom is 0.191 e. The number of nitrogens with zero attached hydrogens (tertiary/aromatic N) is 4. The number of hydrogen-bond acceptors (Lipinski definition) is 6. The van der Waals surface area contributed by atoms with Gasteiger partial charge in [-0.05, 0) is 32.5 Å². The molecule has 1 aromatic rings. The van der Waals surface area contributed by atoms with E-state index < -0.39 is 0 Å². The molecule has 29 heavy (non-hydrogen) atoms. The summed E-state index contributed by atoms with van der Waals surface area (Å²) < 4.78 is 5.55. The third-order valence-electron chi connectivity index (χ3n) is 5.61. The molecule has 2 aliphatic rings. The molecule has 7 nitrogen and oxygen atoms in total. The smallest absolute Gasteiger partial charge is 0.191 e. The molecule has 9 heteroatoms. The van der Waals surface area contributed by atoms with Crippen molar-refractivity contribution in [3.8, 4) is 0 Å². The minimum atomic E-state index is 0. The number of halogens is 1. The van der Waals surface area contributed by atoms with Crippen LogP contribution >= 0.6 is 35.3 Å². The SMILES string of the molecule is CCNC(=NCC(c1cccs1)N1CCOCC1)NCC1CN(C)CCN1C.I. The van der Waals surface area contributed by atoms with Gasteiger partial charge in [-0.3, -0.25) is 14.8 Å². The summed E-state index contributed by atoms with van der Waals surface area (Å²) in [5.41, 5.74) is 0. The fourth-order valence-corrected chi connectivity index (χ4v) is 4.66. The molecule has 0 amide bonds. The highest BCUT2D eigenvalue weighted by molar-refractivity contribution is 14.0. The van der Waals surface area contributed by atoms with Gasteiger partial charge in [0, 0.05) is 56.7 Å². The van der Waals surface area contributed by atoms with Crippen molar-refractivity contribution in [3.05, 3.63) is 22.4 Å². The van der Waals surface area contributed by atoms with Crippen LogP contribution in [0.3, 0.4) is 0 Å². The van der Waals surface area contributed by atoms with Crippen molar-refractivity contribution in [3.63, 3.8) is 0 Å². The number of hydrogen-bond donors (Lipinski definition) is 2. The Morgan fingerprint density at radius 1 is 1.24 bits per heavy atom. The molecule has 3 rings (SSSR count). The Bertz CT molecular complexity index is 596. The number of guanidine groups is 1. The summed E-state index contributed by atoms with van der Waals surface area (Å²) in [6.45, 7) is 11.6. The van der Waals surface area contributed by atoms with Crippen LogP contribution in [0, 0.1) is 0 Å². The lowest BCUT2D eigenvalue weighted by atomic mass is 10.2. The van der Waals surface area contributed by atoms with Crippen molar-refractivity contribution in [2.75, 3.05) is 79.7 Å². The second-order valence-corrected chi connectivity index (χ2v) is 8.66. The van der Waals surface area contributed by atoms with Gasteiger partial charge in [0.1, 0.15) is 0 Å². The molecule has 0 aliphatic carbocycles. The van der Waals surface area contributed by atoms with Gasteiger partial charge in [0.15, 0.2) is 5.96 Å². The van der Waals surface area contributed by atoms with Gasteiger partial charge in [-0.25, -0.2) is 0 Å². The number of likely N-dealkylation sites (N-methyl/N-ethyl adjacent to an activating group) is 2. The summed E-state index contributed by atoms with van der Waals surface area (Å²) in [6.07, 6.45) is 0. The predicted octanol–water partition coefficient (Wildman–Crippen LogP) is 1.54. The molecule has 2 fully saturated rings. The number of aliphatic imine (C=N–C) groups is 1. The van der Waals surface area contributed by atoms with E-state index in [0.29, 0.717) is 12.1 Å². The number of morpholine rings is 1. The van der Waals surface area contributed by atoms with Crippen LogP contribution in [0.25, 0.3) is 0 Å². The molecule has 0 saturated carbocycles. The second kappa shape index (κ2) is 13.1. The van der Waals surface area contributed by atoms with E-state index in [1.807, 2.05) is 11.3 Å². The Morgan fingerprint density at radius 2 is 2.03 bits per heavy atom. The fourth-order valence-electron chi connectivity index (χ4n) is 3.81. The van der Waals surface area contributed by atoms with E-state index in [4.69, 9.17) is 9.73 Å². The van der Waals surface area contributed by atoms with Gasteiger partial charge in [-0.2, -0.15) is 0 Å². The quantitative estimate of drug-likeness (QED) is 0.314. The summed E-state index contributed by atoms with van der Waals surface area (Å²) in [4.78, 5) is 13.7. The van der Waals surface area contributed by atoms with Crippen LogP contribution < -0.4 is 10.6 Å². The number of piperazine rings is 1. The normalized spacial score (nSPS) is 23.4. The lowest BCUT2D eigenvalue weighted by Gasteiger charge is -2.38. The first-order valence-corrected chi connectivity index (χ1v) is 11.3. The standard InChI is InChI=1S/C20H36N6OS.HI/c1-4-21-20(22-14-17-16-24(2)7-8-25(17)3)23-15-18(19-6-5-13-28-19)26-9-11-27-12-10-26;/h5-6,13,17-18H,4,7-12,14-16H2,1-3H3,(H2,21,22,23);1H. The molecule has 0 bridgehead atoms. The molecule has 166 valence electrons. The zero-order valence-corrected chi connectivity index (χ0v) is 21.1. The maximum atomic E-state index is 5.55. The van der Waals surface area contributed by atoms with Crippen molar-refractivity contribution >= 4 is 41.3 Å². The zero-order chi connectivity index (χ0) is 19.8. The third-order valence-corrected chi connectivity index (χ3v) is 6.58. The summed E-state index contributed by atoms with van der Waals surface area (Å²) in [7, 11) is 4.42. The van der Waals surface area contributed by atoms with Crippen LogP contribution in [0.5, 0.6) is 0 Å². The topological polar surface area (TPSA) is 55.4 Å². The molecule has 2 aliphatic heterocycles. The predicted molar refractivity (Wildman–Crippen MR) is 133 cm³/mol. The Kier molecular flexibility index (Phi) is 11.2. The molecule has 2 unspecified atom stereocenters. The van der Waals surface area contributed by atoms with E-state index in [2.05, 4.69) is 63.9 Å². The molecular weight excluding hydrogens is 499 g/mol. The first-order chi connectivity index (χ1) is 13.7. The molecule has 2 saturated heterocycles. The first kappa shape index (κ1) is 24.8. The van der Waals surface area contributed by atoms with E-state index >= 15 is 0 Å². The van der Waals surface area contributed by atoms with Gasteiger partial charge in [0.2, 0.25) is 0 Å². The molecule has 1 aromatic heterocycles. The Morgan fingerprint density at radius 3 is 2.72 bits per heavy atom. The van der Waals surface area contributed by atoms with Gasteiger partial charge in [-0.1, -0.05) is 6.07 Å². The summed E-state index contributed by atoms with van der Waals surface area (Å²) in [6, 6.07) is 5.20. The van der Waals surface area contributed by atoms with E-state index in [9.17, 15) is 0 Å². The van der Waals surface area contributed by atoms with Crippen molar-refractivity contribution < 1.29 is 4.74 Å². The minimum absolute atomic E-state index is 0. The highest BCUT2D eigenvalue weighted by atomic mass is 127. The van der Waals surface area contributed by atoms with Gasteiger partial charge in [0.05, 0.1) is 25.8 Å². The Hall–Kier alpha value is -0.460. The highest BCUT2D eigenvalue weighted by Crippen LogP contribution is 2.26. The highest BCUT2D eigenvalue weighted by Gasteiger charge is 2.24. The molecule has 2 N–H and O–H groups in total. The Labute approximate surface area is 196 Å². The fraction of sp³-hybridized carbons (Fsp3) is 0.750. The summed E-state index contributed by atoms with van der Waals surface area (Å²) in [5.74, 6) is 0.916. The third kappa shape index (κ3) is 7.62. The number of rotatable bonds is 7. The Balaban J connectivity index is 0.00000300. The molecule has 2 atom stereocenters. The molecule has 0 aromatic carbocycles. The van der Waals surface area contributed by atoms with Crippen LogP contribution in [0.1, 0.15) is 17.8 Å². The van der Waals surface area contributed by atoms with Crippen LogP contribution in [0.2, 0.25) is 0 Å². The van der Waals surface area contributed by atoms with Crippen molar-refractivity contribution in [1.82, 2.24) is 25.3 Å². The number of ether oxygens (including phenoxy) is 1. The van der Waals surface area contributed by atoms with E-state index in [0.717, 1.165) is 71.5 Å². The van der Waals surface area contributed by atoms with Crippen molar-refractivity contribution in [1.29, 1.82) is 0 Å². The summed E-state index contributed by atoms with van der Waals surface area (Å²) in [5, 5.41) is 9.15. The lowest BCUT2D eigenvalue weighted by molar-refractivity contribution is 0.0186. The molecular formula is C20H37IN6OS. The van der Waals surface area contributed by atoms with Gasteiger partial charge < -0.3 is 20.3 Å². The largest absolute Gasteiger partial charge is 0.379 e. The van der Waals surface area contributed by atoms with Crippen LogP contribution in [0.4, 0.5) is 0 Å². The lowest BCUT2D eigenvalue weighted by Crippen LogP contribution is -2.55. The molecule has 3 heterocycles. The van der Waals surface area contributed by atoms with E-state index in [-0.39, 0.29) is 24.0 Å². The van der Waals surface area contributed by atoms with Crippen LogP contribution in [-0.2, 0) is 4.74 Å². The molecule has 0 radical (unpaired) electrons. The average Bonchev–Trinajstić information content (AvgIpc) is 3.24. The average molecular weight is 537 g/mol. The van der Waals surface area contributed by atoms with Gasteiger partial charge in [0.25, 0.3) is 0 Å². The number of nitrogens with one attached hydrogen (secondary N) is 2. The van der Waals surface area contributed by atoms with Gasteiger partial charge in [-0.15, -0.1) is 35.3 Å². The van der Waals surface area contributed by atoms with Crippen molar-refractivity contribution in [2.24, 2.45) is 4.99 Å². The van der Waals surface area contributed by atoms with Crippen LogP contribution in [-0.4, -0.2) is 106 Å². The van der Waals surface area contributed by atoms with Crippen molar-refractivity contribution in [2.45, 2.75) is 19.0 Å². The van der Waals surface area contributed by atoms with E-state index in [1.54, 1.807) is 0 Å². The first-order valence-electron chi connectivity index (χ1n) is 10.4. The zero-order valence-electron chi connectivity index (χ0n) is 18.0. The monoisotopic (exact) mass is 536 g/mol. The van der Waals surface area contributed by atoms with E-state index in [1.165, 1.54) is 4.88 Å². The maximum absolute atomic E-state index is 5.55.